The summed E-state index contributed by atoms with van der Waals surface area (Å²) in [4.78, 5) is 27.0. The van der Waals surface area contributed by atoms with Crippen molar-refractivity contribution in [1.82, 2.24) is 16.0 Å². The maximum Gasteiger partial charge on any atom is 0.251 e. The molecule has 26 heavy (non-hydrogen) atoms. The van der Waals surface area contributed by atoms with Crippen LogP contribution in [0.1, 0.15) is 49.0 Å². The molecule has 0 heterocycles. The summed E-state index contributed by atoms with van der Waals surface area (Å²) in [5.41, 5.74) is 6.49. The zero-order valence-electron chi connectivity index (χ0n) is 15.5. The number of hydrogen-bond donors (Lipinski definition) is 4. The SMILES string of the molecule is CCCCCNC(=NCc1ccc(C(=O)NCC(N)=O)cc1)NCC.I. The lowest BCUT2D eigenvalue weighted by Gasteiger charge is -2.11. The van der Waals surface area contributed by atoms with Gasteiger partial charge in [-0.3, -0.25) is 9.59 Å². The predicted molar refractivity (Wildman–Crippen MR) is 116 cm³/mol. The average Bonchev–Trinajstić information content (AvgIpc) is 2.61. The predicted octanol–water partition coefficient (Wildman–Crippen LogP) is 1.77. The third kappa shape index (κ3) is 10.2. The molecule has 5 N–H and O–H groups in total. The Morgan fingerprint density at radius 3 is 2.31 bits per heavy atom. The second-order valence-electron chi connectivity index (χ2n) is 5.67. The van der Waals surface area contributed by atoms with Crippen molar-refractivity contribution >= 4 is 41.8 Å². The van der Waals surface area contributed by atoms with Gasteiger partial charge in [0.15, 0.2) is 5.96 Å². The molecule has 0 fully saturated rings. The number of halogens is 1. The number of nitrogens with zero attached hydrogens (tertiary/aromatic N) is 1. The van der Waals surface area contributed by atoms with E-state index in [0.717, 1.165) is 31.0 Å². The normalized spacial score (nSPS) is 10.6. The van der Waals surface area contributed by atoms with Gasteiger partial charge >= 0.3 is 0 Å². The average molecular weight is 475 g/mol. The highest BCUT2D eigenvalue weighted by Gasteiger charge is 2.06. The minimum atomic E-state index is -0.568. The molecule has 1 aromatic carbocycles. The number of carbonyl (C=O) groups excluding carboxylic acids is 2. The molecule has 0 radical (unpaired) electrons. The van der Waals surface area contributed by atoms with Crippen molar-refractivity contribution in [3.8, 4) is 0 Å². The molecule has 0 bridgehead atoms. The topological polar surface area (TPSA) is 109 Å². The highest BCUT2D eigenvalue weighted by Crippen LogP contribution is 2.06. The van der Waals surface area contributed by atoms with Crippen LogP contribution >= 0.6 is 24.0 Å². The van der Waals surface area contributed by atoms with Crippen molar-refractivity contribution in [2.45, 2.75) is 39.7 Å². The lowest BCUT2D eigenvalue weighted by atomic mass is 10.1. The van der Waals surface area contributed by atoms with Crippen molar-refractivity contribution in [2.24, 2.45) is 10.7 Å². The van der Waals surface area contributed by atoms with Crippen LogP contribution < -0.4 is 21.7 Å². The van der Waals surface area contributed by atoms with Crippen LogP contribution in [0.25, 0.3) is 0 Å². The fraction of sp³-hybridized carbons (Fsp3) is 0.500. The third-order valence-corrected chi connectivity index (χ3v) is 3.48. The quantitative estimate of drug-likeness (QED) is 0.179. The first kappa shape index (κ1) is 24.2. The van der Waals surface area contributed by atoms with Gasteiger partial charge in [-0.1, -0.05) is 31.9 Å². The van der Waals surface area contributed by atoms with Crippen molar-refractivity contribution in [1.29, 1.82) is 0 Å². The Balaban J connectivity index is 0.00000625. The molecule has 2 amide bonds. The van der Waals surface area contributed by atoms with Gasteiger partial charge in [0.25, 0.3) is 5.91 Å². The van der Waals surface area contributed by atoms with E-state index in [0.29, 0.717) is 12.1 Å². The van der Waals surface area contributed by atoms with Gasteiger partial charge < -0.3 is 21.7 Å². The van der Waals surface area contributed by atoms with E-state index in [1.807, 2.05) is 19.1 Å². The number of amides is 2. The molecule has 1 aromatic rings. The van der Waals surface area contributed by atoms with E-state index in [1.165, 1.54) is 12.8 Å². The van der Waals surface area contributed by atoms with Crippen LogP contribution in [0.3, 0.4) is 0 Å². The Kier molecular flexibility index (Phi) is 13.3. The first-order chi connectivity index (χ1) is 12.1. The first-order valence-electron chi connectivity index (χ1n) is 8.74. The fourth-order valence-electron chi connectivity index (χ4n) is 2.12. The number of rotatable bonds is 10. The zero-order valence-corrected chi connectivity index (χ0v) is 17.8. The van der Waals surface area contributed by atoms with Gasteiger partial charge in [0.1, 0.15) is 0 Å². The molecule has 0 aromatic heterocycles. The highest BCUT2D eigenvalue weighted by atomic mass is 127. The summed E-state index contributed by atoms with van der Waals surface area (Å²) < 4.78 is 0. The van der Waals surface area contributed by atoms with Gasteiger partial charge in [0, 0.05) is 18.7 Å². The van der Waals surface area contributed by atoms with E-state index in [2.05, 4.69) is 27.9 Å². The molecule has 0 unspecified atom stereocenters. The van der Waals surface area contributed by atoms with E-state index in [4.69, 9.17) is 5.73 Å². The van der Waals surface area contributed by atoms with Crippen LogP contribution in [0.2, 0.25) is 0 Å². The number of unbranched alkanes of at least 4 members (excludes halogenated alkanes) is 2. The second kappa shape index (κ2) is 14.3. The van der Waals surface area contributed by atoms with Crippen molar-refractivity contribution in [3.63, 3.8) is 0 Å². The lowest BCUT2D eigenvalue weighted by Crippen LogP contribution is -2.37. The Labute approximate surface area is 172 Å². The molecular formula is C18H30IN5O2. The monoisotopic (exact) mass is 475 g/mol. The molecule has 146 valence electrons. The van der Waals surface area contributed by atoms with Gasteiger partial charge in [-0.05, 0) is 31.0 Å². The number of nitrogens with one attached hydrogen (secondary N) is 3. The van der Waals surface area contributed by atoms with Crippen LogP contribution in [0.4, 0.5) is 0 Å². The minimum absolute atomic E-state index is 0. The number of carbonyl (C=O) groups is 2. The smallest absolute Gasteiger partial charge is 0.251 e. The molecule has 0 spiro atoms. The van der Waals surface area contributed by atoms with Crippen molar-refractivity contribution in [3.05, 3.63) is 35.4 Å². The lowest BCUT2D eigenvalue weighted by molar-refractivity contribution is -0.117. The van der Waals surface area contributed by atoms with Gasteiger partial charge in [-0.25, -0.2) is 4.99 Å². The van der Waals surface area contributed by atoms with Crippen LogP contribution in [-0.4, -0.2) is 37.4 Å². The van der Waals surface area contributed by atoms with Gasteiger partial charge in [0.2, 0.25) is 5.91 Å². The van der Waals surface area contributed by atoms with E-state index < -0.39 is 5.91 Å². The summed E-state index contributed by atoms with van der Waals surface area (Å²) in [6, 6.07) is 7.12. The molecule has 7 nitrogen and oxygen atoms in total. The van der Waals surface area contributed by atoms with Gasteiger partial charge in [0.05, 0.1) is 13.1 Å². The van der Waals surface area contributed by atoms with E-state index in [-0.39, 0.29) is 36.4 Å². The maximum atomic E-state index is 11.8. The number of benzene rings is 1. The Bertz CT molecular complexity index is 575. The molecule has 0 aliphatic heterocycles. The van der Waals surface area contributed by atoms with E-state index in [9.17, 15) is 9.59 Å². The summed E-state index contributed by atoms with van der Waals surface area (Å²) in [6.45, 7) is 6.27. The largest absolute Gasteiger partial charge is 0.368 e. The Morgan fingerprint density at radius 1 is 1.04 bits per heavy atom. The van der Waals surface area contributed by atoms with Crippen molar-refractivity contribution in [2.75, 3.05) is 19.6 Å². The van der Waals surface area contributed by atoms with E-state index in [1.54, 1.807) is 12.1 Å². The van der Waals surface area contributed by atoms with Crippen LogP contribution in [0.5, 0.6) is 0 Å². The molecular weight excluding hydrogens is 445 g/mol. The minimum Gasteiger partial charge on any atom is -0.368 e. The number of nitrogens with two attached hydrogens (primary N) is 1. The first-order valence-corrected chi connectivity index (χ1v) is 8.74. The van der Waals surface area contributed by atoms with Crippen LogP contribution in [0.15, 0.2) is 29.3 Å². The molecule has 1 rings (SSSR count). The number of hydrogen-bond acceptors (Lipinski definition) is 3. The fourth-order valence-corrected chi connectivity index (χ4v) is 2.12. The summed E-state index contributed by atoms with van der Waals surface area (Å²) >= 11 is 0. The summed E-state index contributed by atoms with van der Waals surface area (Å²) in [7, 11) is 0. The summed E-state index contributed by atoms with van der Waals surface area (Å²) in [5.74, 6) is -0.0941. The van der Waals surface area contributed by atoms with Gasteiger partial charge in [-0.2, -0.15) is 0 Å². The summed E-state index contributed by atoms with van der Waals surface area (Å²) in [5, 5.41) is 8.99. The maximum absolute atomic E-state index is 11.8. The molecule has 0 atom stereocenters. The standard InChI is InChI=1S/C18H29N5O2.HI/c1-3-5-6-11-21-18(20-4-2)23-12-14-7-9-15(10-8-14)17(25)22-13-16(19)24;/h7-10H,3-6,11-13H2,1-2H3,(H2,19,24)(H,22,25)(H2,20,21,23);1H. The Hall–Kier alpha value is -1.84. The van der Waals surface area contributed by atoms with E-state index >= 15 is 0 Å². The molecule has 0 aliphatic rings. The Morgan fingerprint density at radius 2 is 1.73 bits per heavy atom. The highest BCUT2D eigenvalue weighted by molar-refractivity contribution is 14.0. The molecule has 0 saturated carbocycles. The van der Waals surface area contributed by atoms with Crippen molar-refractivity contribution < 1.29 is 9.59 Å². The van der Waals surface area contributed by atoms with Crippen LogP contribution in [-0.2, 0) is 11.3 Å². The number of aliphatic imine (C=N–C) groups is 1. The number of guanidine groups is 1. The summed E-state index contributed by atoms with van der Waals surface area (Å²) in [6.07, 6.45) is 3.51. The molecule has 8 heteroatoms. The third-order valence-electron chi connectivity index (χ3n) is 3.48. The molecule has 0 saturated heterocycles. The van der Waals surface area contributed by atoms with Gasteiger partial charge in [-0.15, -0.1) is 24.0 Å². The second-order valence-corrected chi connectivity index (χ2v) is 5.67. The number of primary amides is 1. The zero-order chi connectivity index (χ0) is 18.5. The molecule has 0 aliphatic carbocycles. The van der Waals surface area contributed by atoms with Crippen LogP contribution in [0, 0.1) is 0 Å².